The van der Waals surface area contributed by atoms with Crippen molar-refractivity contribution in [2.24, 2.45) is 0 Å². The Kier molecular flexibility index (Phi) is 2.87. The predicted octanol–water partition coefficient (Wildman–Crippen LogP) is 3.02. The van der Waals surface area contributed by atoms with Crippen LogP contribution < -0.4 is 4.90 Å². The van der Waals surface area contributed by atoms with Gasteiger partial charge in [0, 0.05) is 18.8 Å². The molecule has 0 bridgehead atoms. The van der Waals surface area contributed by atoms with E-state index in [1.165, 1.54) is 17.7 Å². The summed E-state index contributed by atoms with van der Waals surface area (Å²) in [6, 6.07) is 8.93. The summed E-state index contributed by atoms with van der Waals surface area (Å²) in [4.78, 5) is 2.42. The fourth-order valence-electron chi connectivity index (χ4n) is 1.82. The van der Waals surface area contributed by atoms with Crippen molar-refractivity contribution in [3.63, 3.8) is 0 Å². The van der Waals surface area contributed by atoms with Crippen molar-refractivity contribution < 1.29 is 0 Å². The molecule has 1 heteroatoms. The molecule has 1 nitrogen and oxygen atoms in total. The third kappa shape index (κ3) is 1.98. The minimum atomic E-state index is 1.06. The molecule has 74 valence electrons. The zero-order valence-electron chi connectivity index (χ0n) is 8.74. The Morgan fingerprint density at radius 2 is 1.93 bits per heavy atom. The average molecular weight is 187 g/mol. The zero-order valence-corrected chi connectivity index (χ0v) is 8.74. The summed E-state index contributed by atoms with van der Waals surface area (Å²) in [6.45, 7) is 4.41. The van der Waals surface area contributed by atoms with Crippen LogP contribution in [0.5, 0.6) is 0 Å². The molecule has 1 aliphatic heterocycles. The van der Waals surface area contributed by atoms with Gasteiger partial charge in [-0.1, -0.05) is 31.2 Å². The SMILES string of the molecule is CCc1ccc(N2CC=CCC2)cc1. The van der Waals surface area contributed by atoms with Gasteiger partial charge in [-0.05, 0) is 30.5 Å². The first-order valence-electron chi connectivity index (χ1n) is 5.39. The average Bonchev–Trinajstić information content (AvgIpc) is 2.30. The molecule has 0 unspecified atom stereocenters. The third-order valence-electron chi connectivity index (χ3n) is 2.77. The Balaban J connectivity index is 2.12. The lowest BCUT2D eigenvalue weighted by Gasteiger charge is -2.25. The highest BCUT2D eigenvalue weighted by Crippen LogP contribution is 2.17. The molecule has 0 radical (unpaired) electrons. The van der Waals surface area contributed by atoms with Crippen LogP contribution >= 0.6 is 0 Å². The molecule has 1 heterocycles. The second kappa shape index (κ2) is 4.32. The van der Waals surface area contributed by atoms with Crippen molar-refractivity contribution in [1.29, 1.82) is 0 Å². The van der Waals surface area contributed by atoms with E-state index < -0.39 is 0 Å². The summed E-state index contributed by atoms with van der Waals surface area (Å²) < 4.78 is 0. The molecule has 1 aromatic rings. The van der Waals surface area contributed by atoms with E-state index in [0.717, 1.165) is 19.5 Å². The molecule has 0 fully saturated rings. The minimum Gasteiger partial charge on any atom is -0.368 e. The molecule has 1 aromatic carbocycles. The van der Waals surface area contributed by atoms with Gasteiger partial charge < -0.3 is 4.90 Å². The normalized spacial score (nSPS) is 15.9. The molecule has 0 saturated heterocycles. The number of hydrogen-bond acceptors (Lipinski definition) is 1. The van der Waals surface area contributed by atoms with Crippen molar-refractivity contribution in [2.45, 2.75) is 19.8 Å². The van der Waals surface area contributed by atoms with E-state index >= 15 is 0 Å². The number of rotatable bonds is 2. The largest absolute Gasteiger partial charge is 0.368 e. The Hall–Kier alpha value is -1.24. The molecule has 14 heavy (non-hydrogen) atoms. The van der Waals surface area contributed by atoms with E-state index in [1.807, 2.05) is 0 Å². The summed E-state index contributed by atoms with van der Waals surface area (Å²) >= 11 is 0. The fourth-order valence-corrected chi connectivity index (χ4v) is 1.82. The molecular weight excluding hydrogens is 170 g/mol. The van der Waals surface area contributed by atoms with Crippen LogP contribution in [-0.4, -0.2) is 13.1 Å². The van der Waals surface area contributed by atoms with Gasteiger partial charge in [0.15, 0.2) is 0 Å². The Morgan fingerprint density at radius 3 is 2.50 bits per heavy atom. The lowest BCUT2D eigenvalue weighted by Crippen LogP contribution is -2.26. The van der Waals surface area contributed by atoms with E-state index in [-0.39, 0.29) is 0 Å². The van der Waals surface area contributed by atoms with Gasteiger partial charge in [0.2, 0.25) is 0 Å². The van der Waals surface area contributed by atoms with E-state index in [1.54, 1.807) is 0 Å². The number of anilines is 1. The van der Waals surface area contributed by atoms with Crippen LogP contribution in [0.2, 0.25) is 0 Å². The van der Waals surface area contributed by atoms with Crippen LogP contribution in [0.15, 0.2) is 36.4 Å². The summed E-state index contributed by atoms with van der Waals surface area (Å²) in [7, 11) is 0. The number of nitrogens with zero attached hydrogens (tertiary/aromatic N) is 1. The van der Waals surface area contributed by atoms with Crippen LogP contribution in [0, 0.1) is 0 Å². The molecule has 0 N–H and O–H groups in total. The quantitative estimate of drug-likeness (QED) is 0.643. The molecule has 0 saturated carbocycles. The smallest absolute Gasteiger partial charge is 0.0369 e. The maximum Gasteiger partial charge on any atom is 0.0369 e. The number of aryl methyl sites for hydroxylation is 1. The lowest BCUT2D eigenvalue weighted by molar-refractivity contribution is 0.820. The first-order valence-corrected chi connectivity index (χ1v) is 5.39. The highest BCUT2D eigenvalue weighted by molar-refractivity contribution is 5.48. The van der Waals surface area contributed by atoms with Gasteiger partial charge in [-0.2, -0.15) is 0 Å². The topological polar surface area (TPSA) is 3.24 Å². The van der Waals surface area contributed by atoms with Gasteiger partial charge in [-0.15, -0.1) is 0 Å². The summed E-state index contributed by atoms with van der Waals surface area (Å²) in [5.74, 6) is 0. The monoisotopic (exact) mass is 187 g/mol. The molecular formula is C13H17N. The van der Waals surface area contributed by atoms with E-state index in [4.69, 9.17) is 0 Å². The molecule has 1 aliphatic rings. The van der Waals surface area contributed by atoms with Crippen LogP contribution in [0.4, 0.5) is 5.69 Å². The van der Waals surface area contributed by atoms with Crippen LogP contribution in [0.1, 0.15) is 18.9 Å². The van der Waals surface area contributed by atoms with Gasteiger partial charge in [-0.3, -0.25) is 0 Å². The summed E-state index contributed by atoms with van der Waals surface area (Å²) in [5, 5.41) is 0. The Bertz CT molecular complexity index is 311. The Labute approximate surface area is 86.1 Å². The van der Waals surface area contributed by atoms with Gasteiger partial charge in [0.25, 0.3) is 0 Å². The Morgan fingerprint density at radius 1 is 1.14 bits per heavy atom. The zero-order chi connectivity index (χ0) is 9.80. The van der Waals surface area contributed by atoms with E-state index in [0.29, 0.717) is 0 Å². The second-order valence-electron chi connectivity index (χ2n) is 3.73. The third-order valence-corrected chi connectivity index (χ3v) is 2.77. The highest BCUT2D eigenvalue weighted by Gasteiger charge is 2.06. The predicted molar refractivity (Wildman–Crippen MR) is 61.8 cm³/mol. The maximum absolute atomic E-state index is 2.42. The fraction of sp³-hybridized carbons (Fsp3) is 0.385. The van der Waals surface area contributed by atoms with Crippen molar-refractivity contribution >= 4 is 5.69 Å². The van der Waals surface area contributed by atoms with Crippen molar-refractivity contribution in [2.75, 3.05) is 18.0 Å². The standard InChI is InChI=1S/C13H17N/c1-2-12-6-8-13(9-7-12)14-10-4-3-5-11-14/h3-4,6-9H,2,5,10-11H2,1H3. The second-order valence-corrected chi connectivity index (χ2v) is 3.73. The summed E-state index contributed by atoms with van der Waals surface area (Å²) in [5.41, 5.74) is 2.77. The molecule has 2 rings (SSSR count). The number of hydrogen-bond donors (Lipinski definition) is 0. The molecule has 0 aliphatic carbocycles. The first-order chi connectivity index (χ1) is 6.90. The van der Waals surface area contributed by atoms with Crippen molar-refractivity contribution in [3.05, 3.63) is 42.0 Å². The number of benzene rings is 1. The van der Waals surface area contributed by atoms with E-state index in [2.05, 4.69) is 48.2 Å². The van der Waals surface area contributed by atoms with Crippen LogP contribution in [0.25, 0.3) is 0 Å². The van der Waals surface area contributed by atoms with Crippen LogP contribution in [-0.2, 0) is 6.42 Å². The van der Waals surface area contributed by atoms with Gasteiger partial charge >= 0.3 is 0 Å². The molecule has 0 aromatic heterocycles. The maximum atomic E-state index is 2.42. The molecule has 0 amide bonds. The van der Waals surface area contributed by atoms with E-state index in [9.17, 15) is 0 Å². The van der Waals surface area contributed by atoms with Crippen molar-refractivity contribution in [1.82, 2.24) is 0 Å². The molecule has 0 spiro atoms. The first kappa shape index (κ1) is 9.32. The van der Waals surface area contributed by atoms with Crippen LogP contribution in [0.3, 0.4) is 0 Å². The van der Waals surface area contributed by atoms with Crippen molar-refractivity contribution in [3.8, 4) is 0 Å². The molecule has 0 atom stereocenters. The van der Waals surface area contributed by atoms with Gasteiger partial charge in [-0.25, -0.2) is 0 Å². The highest BCUT2D eigenvalue weighted by atomic mass is 15.1. The lowest BCUT2D eigenvalue weighted by atomic mass is 10.1. The summed E-state index contributed by atoms with van der Waals surface area (Å²) in [6.07, 6.45) is 6.81. The van der Waals surface area contributed by atoms with Gasteiger partial charge in [0.05, 0.1) is 0 Å². The minimum absolute atomic E-state index is 1.06. The van der Waals surface area contributed by atoms with Gasteiger partial charge in [0.1, 0.15) is 0 Å².